The number of amides is 1. The van der Waals surface area contributed by atoms with Crippen LogP contribution in [0.25, 0.3) is 0 Å². The third-order valence-corrected chi connectivity index (χ3v) is 2.61. The van der Waals surface area contributed by atoms with Crippen LogP contribution in [-0.4, -0.2) is 48.7 Å². The quantitative estimate of drug-likeness (QED) is 0.627. The first-order valence-electron chi connectivity index (χ1n) is 4.83. The molecule has 1 fully saturated rings. The van der Waals surface area contributed by atoms with Crippen LogP contribution in [0.2, 0.25) is 0 Å². The molecule has 76 valence electrons. The summed E-state index contributed by atoms with van der Waals surface area (Å²) in [5.74, 6) is 0.0728. The molecule has 0 radical (unpaired) electrons. The minimum absolute atomic E-state index is 0.0728. The Balaban J connectivity index is 2.23. The summed E-state index contributed by atoms with van der Waals surface area (Å²) in [6.07, 6.45) is 2.73. The molecule has 1 rings (SSSR count). The van der Waals surface area contributed by atoms with E-state index in [1.165, 1.54) is 0 Å². The van der Waals surface area contributed by atoms with E-state index in [1.807, 2.05) is 0 Å². The minimum Gasteiger partial charge on any atom is -0.395 e. The smallest absolute Gasteiger partial charge is 0.221 e. The number of aliphatic hydroxyl groups is 1. The van der Waals surface area contributed by atoms with Crippen molar-refractivity contribution in [1.82, 2.24) is 10.2 Å². The predicted molar refractivity (Wildman–Crippen MR) is 50.4 cm³/mol. The van der Waals surface area contributed by atoms with Crippen molar-refractivity contribution < 1.29 is 9.90 Å². The molecular weight excluding hydrogens is 168 g/mol. The molecule has 0 bridgehead atoms. The topological polar surface area (TPSA) is 52.6 Å². The summed E-state index contributed by atoms with van der Waals surface area (Å²) in [7, 11) is 1.65. The first-order valence-corrected chi connectivity index (χ1v) is 4.83. The highest BCUT2D eigenvalue weighted by Gasteiger charge is 2.23. The number of carbonyl (C=O) groups is 1. The summed E-state index contributed by atoms with van der Waals surface area (Å²) in [5.41, 5.74) is 0. The van der Waals surface area contributed by atoms with Gasteiger partial charge in [0.25, 0.3) is 0 Å². The molecule has 1 unspecified atom stereocenters. The molecule has 0 spiro atoms. The first kappa shape index (κ1) is 10.5. The Morgan fingerprint density at radius 2 is 2.46 bits per heavy atom. The predicted octanol–water partition coefficient (Wildman–Crippen LogP) is -0.421. The van der Waals surface area contributed by atoms with Gasteiger partial charge in [0.05, 0.1) is 6.61 Å². The second kappa shape index (κ2) is 5.19. The molecule has 1 aliphatic rings. The van der Waals surface area contributed by atoms with Crippen LogP contribution in [0.4, 0.5) is 0 Å². The van der Waals surface area contributed by atoms with Gasteiger partial charge in [-0.15, -0.1) is 0 Å². The summed E-state index contributed by atoms with van der Waals surface area (Å²) in [6.45, 7) is 2.00. The van der Waals surface area contributed by atoms with Crippen molar-refractivity contribution in [3.8, 4) is 0 Å². The van der Waals surface area contributed by atoms with Crippen molar-refractivity contribution in [1.29, 1.82) is 0 Å². The van der Waals surface area contributed by atoms with Crippen molar-refractivity contribution in [3.63, 3.8) is 0 Å². The molecule has 1 heterocycles. The third-order valence-electron chi connectivity index (χ3n) is 2.61. The average Bonchev–Trinajstić information content (AvgIpc) is 2.61. The molecule has 4 heteroatoms. The van der Waals surface area contributed by atoms with Crippen LogP contribution in [0, 0.1) is 0 Å². The number of likely N-dealkylation sites (tertiary alicyclic amines) is 1. The second-order valence-electron chi connectivity index (χ2n) is 3.44. The Bertz CT molecular complexity index is 173. The Hall–Kier alpha value is -0.610. The van der Waals surface area contributed by atoms with Gasteiger partial charge in [0, 0.05) is 26.1 Å². The van der Waals surface area contributed by atoms with E-state index in [2.05, 4.69) is 10.2 Å². The number of hydrogen-bond acceptors (Lipinski definition) is 3. The lowest BCUT2D eigenvalue weighted by Gasteiger charge is -2.21. The summed E-state index contributed by atoms with van der Waals surface area (Å²) in [5, 5.41) is 11.6. The largest absolute Gasteiger partial charge is 0.395 e. The Labute approximate surface area is 78.9 Å². The van der Waals surface area contributed by atoms with Gasteiger partial charge < -0.3 is 10.4 Å². The summed E-state index contributed by atoms with van der Waals surface area (Å²) in [4.78, 5) is 13.2. The molecule has 1 amide bonds. The molecule has 2 N–H and O–H groups in total. The lowest BCUT2D eigenvalue weighted by Crippen LogP contribution is -2.35. The Morgan fingerprint density at radius 1 is 1.69 bits per heavy atom. The molecule has 1 aliphatic heterocycles. The normalized spacial score (nSPS) is 23.4. The first-order chi connectivity index (χ1) is 6.27. The van der Waals surface area contributed by atoms with E-state index >= 15 is 0 Å². The lowest BCUT2D eigenvalue weighted by atomic mass is 10.2. The van der Waals surface area contributed by atoms with E-state index in [-0.39, 0.29) is 18.6 Å². The van der Waals surface area contributed by atoms with Crippen LogP contribution in [0.5, 0.6) is 0 Å². The summed E-state index contributed by atoms with van der Waals surface area (Å²) >= 11 is 0. The van der Waals surface area contributed by atoms with Gasteiger partial charge in [-0.05, 0) is 19.4 Å². The van der Waals surface area contributed by atoms with Gasteiger partial charge in [-0.3, -0.25) is 9.69 Å². The highest BCUT2D eigenvalue weighted by Crippen LogP contribution is 2.16. The third kappa shape index (κ3) is 2.97. The maximum absolute atomic E-state index is 11.0. The number of nitrogens with one attached hydrogen (secondary N) is 1. The van der Waals surface area contributed by atoms with Crippen LogP contribution in [0.15, 0.2) is 0 Å². The van der Waals surface area contributed by atoms with Crippen LogP contribution in [0.1, 0.15) is 19.3 Å². The average molecular weight is 186 g/mol. The van der Waals surface area contributed by atoms with Gasteiger partial charge in [0.1, 0.15) is 0 Å². The number of carbonyl (C=O) groups excluding carboxylic acids is 1. The zero-order chi connectivity index (χ0) is 9.68. The van der Waals surface area contributed by atoms with Crippen molar-refractivity contribution in [2.75, 3.05) is 26.7 Å². The maximum Gasteiger partial charge on any atom is 0.221 e. The lowest BCUT2D eigenvalue weighted by molar-refractivity contribution is -0.121. The van der Waals surface area contributed by atoms with Gasteiger partial charge in [0.2, 0.25) is 5.91 Å². The van der Waals surface area contributed by atoms with Gasteiger partial charge in [-0.2, -0.15) is 0 Å². The SMILES string of the molecule is CNC(=O)CCN1CCCC1CO. The van der Waals surface area contributed by atoms with Crippen LogP contribution < -0.4 is 5.32 Å². The molecule has 1 atom stereocenters. The number of hydrogen-bond donors (Lipinski definition) is 2. The van der Waals surface area contributed by atoms with Gasteiger partial charge in [-0.1, -0.05) is 0 Å². The van der Waals surface area contributed by atoms with E-state index in [1.54, 1.807) is 7.05 Å². The molecule has 0 aromatic heterocycles. The van der Waals surface area contributed by atoms with E-state index in [9.17, 15) is 4.79 Å². The molecule has 0 aromatic rings. The Kier molecular flexibility index (Phi) is 4.18. The number of aliphatic hydroxyl groups excluding tert-OH is 1. The van der Waals surface area contributed by atoms with Gasteiger partial charge >= 0.3 is 0 Å². The molecule has 13 heavy (non-hydrogen) atoms. The molecular formula is C9H18N2O2. The van der Waals surface area contributed by atoms with E-state index < -0.39 is 0 Å². The molecule has 0 aromatic carbocycles. The summed E-state index contributed by atoms with van der Waals surface area (Å²) in [6, 6.07) is 0.282. The fourth-order valence-corrected chi connectivity index (χ4v) is 1.77. The van der Waals surface area contributed by atoms with Gasteiger partial charge in [0.15, 0.2) is 0 Å². The molecule has 0 saturated carbocycles. The zero-order valence-electron chi connectivity index (χ0n) is 8.12. The number of nitrogens with zero attached hydrogens (tertiary/aromatic N) is 1. The van der Waals surface area contributed by atoms with E-state index in [0.717, 1.165) is 25.9 Å². The zero-order valence-corrected chi connectivity index (χ0v) is 8.12. The van der Waals surface area contributed by atoms with Crippen molar-refractivity contribution in [2.45, 2.75) is 25.3 Å². The molecule has 0 aliphatic carbocycles. The second-order valence-corrected chi connectivity index (χ2v) is 3.44. The molecule has 4 nitrogen and oxygen atoms in total. The fourth-order valence-electron chi connectivity index (χ4n) is 1.77. The Morgan fingerprint density at radius 3 is 3.08 bits per heavy atom. The van der Waals surface area contributed by atoms with Crippen LogP contribution >= 0.6 is 0 Å². The standard InChI is InChI=1S/C9H18N2O2/c1-10-9(13)4-6-11-5-2-3-8(11)7-12/h8,12H,2-7H2,1H3,(H,10,13). The van der Waals surface area contributed by atoms with Crippen LogP contribution in [0.3, 0.4) is 0 Å². The monoisotopic (exact) mass is 186 g/mol. The van der Waals surface area contributed by atoms with Crippen LogP contribution in [-0.2, 0) is 4.79 Å². The van der Waals surface area contributed by atoms with Crippen molar-refractivity contribution in [3.05, 3.63) is 0 Å². The fraction of sp³-hybridized carbons (Fsp3) is 0.889. The number of rotatable bonds is 4. The van der Waals surface area contributed by atoms with Gasteiger partial charge in [-0.25, -0.2) is 0 Å². The summed E-state index contributed by atoms with van der Waals surface area (Å²) < 4.78 is 0. The van der Waals surface area contributed by atoms with Crippen molar-refractivity contribution in [2.24, 2.45) is 0 Å². The van der Waals surface area contributed by atoms with Crippen molar-refractivity contribution >= 4 is 5.91 Å². The highest BCUT2D eigenvalue weighted by atomic mass is 16.3. The van der Waals surface area contributed by atoms with E-state index in [0.29, 0.717) is 6.42 Å². The highest BCUT2D eigenvalue weighted by molar-refractivity contribution is 5.75. The molecule has 1 saturated heterocycles. The minimum atomic E-state index is 0.0728. The maximum atomic E-state index is 11.0. The van der Waals surface area contributed by atoms with E-state index in [4.69, 9.17) is 5.11 Å².